The number of nitrogens with one attached hydrogen (secondary N) is 2. The third-order valence-corrected chi connectivity index (χ3v) is 4.74. The molecule has 0 aliphatic carbocycles. The molecule has 32 heavy (non-hydrogen) atoms. The molecule has 1 saturated heterocycles. The number of carbonyl (C=O) groups excluding carboxylic acids is 1. The van der Waals surface area contributed by atoms with Crippen molar-refractivity contribution in [3.63, 3.8) is 0 Å². The van der Waals surface area contributed by atoms with Crippen LogP contribution in [0.3, 0.4) is 0 Å². The molecule has 0 spiro atoms. The molecule has 0 saturated carbocycles. The number of amides is 1. The first-order valence-corrected chi connectivity index (χ1v) is 10.3. The van der Waals surface area contributed by atoms with E-state index in [0.717, 1.165) is 62.6 Å². The third kappa shape index (κ3) is 8.67. The predicted molar refractivity (Wildman–Crippen MR) is 113 cm³/mol. The maximum atomic E-state index is 11.8. The third-order valence-electron chi connectivity index (χ3n) is 4.74. The number of alkyl halides is 3. The molecule has 3 rings (SSSR count). The van der Waals surface area contributed by atoms with Crippen molar-refractivity contribution in [1.29, 1.82) is 0 Å². The number of benzene rings is 1. The molecule has 176 valence electrons. The van der Waals surface area contributed by atoms with Crippen molar-refractivity contribution in [2.45, 2.75) is 26.1 Å². The number of nitrogens with zero attached hydrogens (tertiary/aromatic N) is 3. The van der Waals surface area contributed by atoms with E-state index in [4.69, 9.17) is 9.90 Å². The highest BCUT2D eigenvalue weighted by atomic mass is 19.4. The number of carboxylic acids is 1. The topological polar surface area (TPSA) is 102 Å². The van der Waals surface area contributed by atoms with Gasteiger partial charge in [-0.25, -0.2) is 4.79 Å². The number of hydrogen-bond acceptors (Lipinski definition) is 5. The summed E-state index contributed by atoms with van der Waals surface area (Å²) in [5.41, 5.74) is 3.25. The largest absolute Gasteiger partial charge is 0.490 e. The van der Waals surface area contributed by atoms with Gasteiger partial charge in [-0.1, -0.05) is 37.3 Å². The number of aromatic amines is 1. The second-order valence-electron chi connectivity index (χ2n) is 7.35. The molecule has 0 atom stereocenters. The van der Waals surface area contributed by atoms with Crippen LogP contribution in [0.1, 0.15) is 19.0 Å². The van der Waals surface area contributed by atoms with Gasteiger partial charge in [0.25, 0.3) is 0 Å². The molecule has 0 radical (unpaired) electrons. The smallest absolute Gasteiger partial charge is 0.475 e. The Kier molecular flexibility index (Phi) is 9.66. The fourth-order valence-electron chi connectivity index (χ4n) is 3.07. The van der Waals surface area contributed by atoms with Crippen molar-refractivity contribution < 1.29 is 27.9 Å². The van der Waals surface area contributed by atoms with Gasteiger partial charge < -0.3 is 10.4 Å². The van der Waals surface area contributed by atoms with E-state index < -0.39 is 12.1 Å². The fraction of sp³-hybridized carbons (Fsp3) is 0.476. The van der Waals surface area contributed by atoms with Crippen LogP contribution in [0.15, 0.2) is 36.4 Å². The summed E-state index contributed by atoms with van der Waals surface area (Å²) in [6, 6.07) is 12.3. The van der Waals surface area contributed by atoms with Gasteiger partial charge in [0.15, 0.2) is 0 Å². The first kappa shape index (κ1) is 25.3. The lowest BCUT2D eigenvalue weighted by atomic mass is 10.1. The Morgan fingerprint density at radius 1 is 1.12 bits per heavy atom. The van der Waals surface area contributed by atoms with Gasteiger partial charge in [0.1, 0.15) is 0 Å². The van der Waals surface area contributed by atoms with Crippen LogP contribution in [0, 0.1) is 0 Å². The summed E-state index contributed by atoms with van der Waals surface area (Å²) in [7, 11) is 0. The van der Waals surface area contributed by atoms with Crippen molar-refractivity contribution in [1.82, 2.24) is 25.3 Å². The zero-order valence-corrected chi connectivity index (χ0v) is 17.9. The van der Waals surface area contributed by atoms with Gasteiger partial charge in [-0.2, -0.15) is 18.3 Å². The number of aromatic nitrogens is 2. The zero-order valence-electron chi connectivity index (χ0n) is 17.9. The number of carbonyl (C=O) groups is 2. The second-order valence-corrected chi connectivity index (χ2v) is 7.35. The number of H-pyrrole nitrogens is 1. The summed E-state index contributed by atoms with van der Waals surface area (Å²) in [4.78, 5) is 25.3. The summed E-state index contributed by atoms with van der Waals surface area (Å²) in [5.74, 6) is -2.62. The maximum Gasteiger partial charge on any atom is 0.490 e. The zero-order chi connectivity index (χ0) is 23.6. The minimum Gasteiger partial charge on any atom is -0.475 e. The maximum absolute atomic E-state index is 11.8. The molecule has 1 aliphatic heterocycles. The number of aliphatic carboxylic acids is 1. The van der Waals surface area contributed by atoms with E-state index in [1.165, 1.54) is 0 Å². The van der Waals surface area contributed by atoms with Crippen molar-refractivity contribution in [3.05, 3.63) is 42.1 Å². The Morgan fingerprint density at radius 3 is 2.28 bits per heavy atom. The summed E-state index contributed by atoms with van der Waals surface area (Å²) >= 11 is 0. The quantitative estimate of drug-likeness (QED) is 0.593. The van der Waals surface area contributed by atoms with Crippen LogP contribution in [0.2, 0.25) is 0 Å². The SMILES string of the molecule is CCCNC(=O)CN1CCN(Cc2cc(-c3ccccc3)n[nH]2)CC1.O=C(O)C(F)(F)F. The molecule has 1 aromatic carbocycles. The Morgan fingerprint density at radius 2 is 1.72 bits per heavy atom. The second kappa shape index (κ2) is 12.2. The summed E-state index contributed by atoms with van der Waals surface area (Å²) in [5, 5.41) is 17.6. The van der Waals surface area contributed by atoms with E-state index in [0.29, 0.717) is 6.54 Å². The van der Waals surface area contributed by atoms with E-state index in [-0.39, 0.29) is 5.91 Å². The van der Waals surface area contributed by atoms with Crippen LogP contribution in [0.5, 0.6) is 0 Å². The number of carboxylic acid groups (broad SMARTS) is 1. The van der Waals surface area contributed by atoms with E-state index in [1.54, 1.807) is 0 Å². The van der Waals surface area contributed by atoms with Gasteiger partial charge in [0.05, 0.1) is 12.2 Å². The van der Waals surface area contributed by atoms with Crippen LogP contribution in [0.4, 0.5) is 13.2 Å². The first-order valence-electron chi connectivity index (χ1n) is 10.3. The van der Waals surface area contributed by atoms with E-state index >= 15 is 0 Å². The van der Waals surface area contributed by atoms with Crippen LogP contribution in [-0.4, -0.2) is 82.4 Å². The molecule has 1 amide bonds. The highest BCUT2D eigenvalue weighted by molar-refractivity contribution is 5.78. The van der Waals surface area contributed by atoms with Gasteiger partial charge in [0.2, 0.25) is 5.91 Å². The highest BCUT2D eigenvalue weighted by Crippen LogP contribution is 2.18. The Hall–Kier alpha value is -2.92. The molecular weight excluding hydrogens is 427 g/mol. The molecule has 1 aliphatic rings. The number of rotatable bonds is 7. The van der Waals surface area contributed by atoms with Gasteiger partial charge in [0, 0.05) is 50.5 Å². The summed E-state index contributed by atoms with van der Waals surface area (Å²) in [6.45, 7) is 8.02. The lowest BCUT2D eigenvalue weighted by Gasteiger charge is -2.33. The van der Waals surface area contributed by atoms with E-state index in [9.17, 15) is 18.0 Å². The average Bonchev–Trinajstić information content (AvgIpc) is 3.22. The molecule has 1 aromatic heterocycles. The van der Waals surface area contributed by atoms with Crippen molar-refractivity contribution in [2.24, 2.45) is 0 Å². The van der Waals surface area contributed by atoms with Crippen LogP contribution in [0.25, 0.3) is 11.3 Å². The Balaban J connectivity index is 0.000000451. The average molecular weight is 455 g/mol. The number of halogens is 3. The lowest BCUT2D eigenvalue weighted by Crippen LogP contribution is -2.49. The molecular formula is C21H28F3N5O3. The predicted octanol–water partition coefficient (Wildman–Crippen LogP) is 2.35. The molecule has 3 N–H and O–H groups in total. The van der Waals surface area contributed by atoms with Crippen LogP contribution < -0.4 is 5.32 Å². The normalized spacial score (nSPS) is 15.0. The standard InChI is InChI=1S/C19H27N5O.C2HF3O2/c1-2-8-20-19(25)15-24-11-9-23(10-12-24)14-17-13-18(22-21-17)16-6-4-3-5-7-16;3-2(4,5)1(6)7/h3-7,13H,2,8-12,14-15H2,1H3,(H,20,25)(H,21,22);(H,6,7). The minimum absolute atomic E-state index is 0.136. The lowest BCUT2D eigenvalue weighted by molar-refractivity contribution is -0.192. The first-order chi connectivity index (χ1) is 15.2. The van der Waals surface area contributed by atoms with Gasteiger partial charge in [-0.05, 0) is 12.5 Å². The molecule has 0 unspecified atom stereocenters. The molecule has 0 bridgehead atoms. The number of hydrogen-bond donors (Lipinski definition) is 3. The highest BCUT2D eigenvalue weighted by Gasteiger charge is 2.38. The number of piperazine rings is 1. The van der Waals surface area contributed by atoms with Crippen LogP contribution in [-0.2, 0) is 16.1 Å². The molecule has 11 heteroatoms. The van der Waals surface area contributed by atoms with Crippen molar-refractivity contribution in [3.8, 4) is 11.3 Å². The molecule has 1 fully saturated rings. The molecule has 2 aromatic rings. The van der Waals surface area contributed by atoms with Gasteiger partial charge >= 0.3 is 12.1 Å². The van der Waals surface area contributed by atoms with Gasteiger partial charge in [-0.15, -0.1) is 0 Å². The van der Waals surface area contributed by atoms with E-state index in [1.807, 2.05) is 18.2 Å². The fourth-order valence-corrected chi connectivity index (χ4v) is 3.07. The van der Waals surface area contributed by atoms with Crippen molar-refractivity contribution in [2.75, 3.05) is 39.3 Å². The van der Waals surface area contributed by atoms with E-state index in [2.05, 4.69) is 50.4 Å². The monoisotopic (exact) mass is 455 g/mol. The van der Waals surface area contributed by atoms with Gasteiger partial charge in [-0.3, -0.25) is 19.7 Å². The summed E-state index contributed by atoms with van der Waals surface area (Å²) in [6.07, 6.45) is -4.10. The van der Waals surface area contributed by atoms with Crippen molar-refractivity contribution >= 4 is 11.9 Å². The Labute approximate surface area is 184 Å². The summed E-state index contributed by atoms with van der Waals surface area (Å²) < 4.78 is 31.7. The molecule has 8 nitrogen and oxygen atoms in total. The molecule has 2 heterocycles. The minimum atomic E-state index is -5.08. The Bertz CT molecular complexity index is 850. The van der Waals surface area contributed by atoms with Crippen LogP contribution >= 0.6 is 0 Å².